The lowest BCUT2D eigenvalue weighted by molar-refractivity contribution is -0.167. The molecule has 0 aromatic carbocycles. The molecule has 0 atom stereocenters. The normalized spacial score (nSPS) is 18.1. The molecule has 0 unspecified atom stereocenters. The number of ether oxygens (including phenoxy) is 1. The number of hydrogen-bond donors (Lipinski definition) is 0. The first kappa shape index (κ1) is 22.6. The quantitative estimate of drug-likeness (QED) is 0.405. The number of likely N-dealkylation sites (tertiary alicyclic amines) is 1. The third-order valence-corrected chi connectivity index (χ3v) is 6.63. The van der Waals surface area contributed by atoms with Crippen molar-refractivity contribution in [3.8, 4) is 28.8 Å². The van der Waals surface area contributed by atoms with Gasteiger partial charge in [0, 0.05) is 37.1 Å². The summed E-state index contributed by atoms with van der Waals surface area (Å²) in [6, 6.07) is 11.6. The molecule has 0 bridgehead atoms. The van der Waals surface area contributed by atoms with Gasteiger partial charge >= 0.3 is 6.18 Å². The van der Waals surface area contributed by atoms with Crippen LogP contribution in [0.15, 0.2) is 48.9 Å². The maximum absolute atomic E-state index is 12.8. The second-order valence-corrected chi connectivity index (χ2v) is 9.26. The zero-order valence-electron chi connectivity index (χ0n) is 19.1. The fourth-order valence-corrected chi connectivity index (χ4v) is 4.81. The monoisotopic (exact) mass is 494 g/mol. The Morgan fingerprint density at radius 2 is 1.89 bits per heavy atom. The van der Waals surface area contributed by atoms with E-state index in [1.807, 2.05) is 35.1 Å². The lowest BCUT2D eigenvalue weighted by Crippen LogP contribution is -2.64. The Balaban J connectivity index is 1.35. The van der Waals surface area contributed by atoms with Crippen LogP contribution in [0.3, 0.4) is 0 Å². The molecule has 0 radical (unpaired) electrons. The number of rotatable bonds is 6. The van der Waals surface area contributed by atoms with E-state index in [0.717, 1.165) is 10.9 Å². The number of pyridine rings is 2. The van der Waals surface area contributed by atoms with Crippen molar-refractivity contribution >= 4 is 10.9 Å². The van der Waals surface area contributed by atoms with Crippen LogP contribution in [-0.4, -0.2) is 73.5 Å². The highest BCUT2D eigenvalue weighted by Crippen LogP contribution is 2.36. The van der Waals surface area contributed by atoms with E-state index in [2.05, 4.69) is 16.2 Å². The second-order valence-electron chi connectivity index (χ2n) is 9.26. The van der Waals surface area contributed by atoms with Crippen LogP contribution in [0.25, 0.3) is 33.7 Å². The maximum Gasteiger partial charge on any atom is 0.401 e. The third kappa shape index (κ3) is 4.00. The van der Waals surface area contributed by atoms with Gasteiger partial charge in [0.2, 0.25) is 0 Å². The summed E-state index contributed by atoms with van der Waals surface area (Å²) in [7, 11) is 0. The van der Waals surface area contributed by atoms with E-state index in [9.17, 15) is 18.4 Å². The van der Waals surface area contributed by atoms with Gasteiger partial charge in [0.15, 0.2) is 0 Å². The Hall–Kier alpha value is -3.82. The van der Waals surface area contributed by atoms with Crippen LogP contribution in [0.4, 0.5) is 13.2 Å². The molecule has 2 fully saturated rings. The van der Waals surface area contributed by atoms with Crippen LogP contribution < -0.4 is 0 Å². The SMILES string of the molecule is N#CCC1(n2ccc(-c3nc(-c4ccn(C5COC5)n4)cc4ncccc34)n2)CN(CC(F)(F)F)C1. The number of nitrogens with zero attached hydrogens (tertiary/aromatic N) is 8. The van der Waals surface area contributed by atoms with E-state index >= 15 is 0 Å². The molecule has 6 heterocycles. The van der Waals surface area contributed by atoms with Gasteiger partial charge < -0.3 is 4.74 Å². The molecular formula is C24H21F3N8O. The molecule has 184 valence electrons. The van der Waals surface area contributed by atoms with Crippen LogP contribution >= 0.6 is 0 Å². The molecule has 0 aliphatic carbocycles. The molecule has 0 amide bonds. The fraction of sp³-hybridized carbons (Fsp3) is 0.375. The largest absolute Gasteiger partial charge is 0.401 e. The molecule has 2 aliphatic rings. The molecule has 0 saturated carbocycles. The number of nitriles is 1. The van der Waals surface area contributed by atoms with Crippen molar-refractivity contribution in [1.29, 1.82) is 5.26 Å². The maximum atomic E-state index is 12.8. The van der Waals surface area contributed by atoms with E-state index in [1.54, 1.807) is 23.1 Å². The van der Waals surface area contributed by atoms with Crippen LogP contribution in [0.1, 0.15) is 12.5 Å². The molecule has 36 heavy (non-hydrogen) atoms. The Morgan fingerprint density at radius 3 is 2.61 bits per heavy atom. The van der Waals surface area contributed by atoms with Crippen molar-refractivity contribution in [1.82, 2.24) is 34.4 Å². The first-order valence-corrected chi connectivity index (χ1v) is 11.5. The summed E-state index contributed by atoms with van der Waals surface area (Å²) in [4.78, 5) is 10.6. The highest BCUT2D eigenvalue weighted by Gasteiger charge is 2.48. The molecule has 6 rings (SSSR count). The van der Waals surface area contributed by atoms with Gasteiger partial charge in [0.25, 0.3) is 0 Å². The molecule has 9 nitrogen and oxygen atoms in total. The molecule has 0 spiro atoms. The molecule has 0 N–H and O–H groups in total. The topological polar surface area (TPSA) is 97.7 Å². The number of halogens is 3. The standard InChI is InChI=1S/C24H21F3N8O/c25-24(26,27)15-33-13-23(14-33,5-6-28)35-9-4-19(32-35)22-17-2-1-7-29-20(17)10-21(30-22)18-3-8-34(31-18)16-11-36-12-16/h1-4,7-10,16H,5,11-15H2. The number of hydrogen-bond acceptors (Lipinski definition) is 7. The smallest absolute Gasteiger partial charge is 0.377 e. The summed E-state index contributed by atoms with van der Waals surface area (Å²) in [5, 5.41) is 19.5. The zero-order valence-corrected chi connectivity index (χ0v) is 19.1. The van der Waals surface area contributed by atoms with E-state index in [1.165, 1.54) is 4.90 Å². The first-order valence-electron chi connectivity index (χ1n) is 11.5. The molecular weight excluding hydrogens is 473 g/mol. The zero-order chi connectivity index (χ0) is 24.9. The van der Waals surface area contributed by atoms with E-state index in [-0.39, 0.29) is 25.6 Å². The molecule has 12 heteroatoms. The average molecular weight is 494 g/mol. The molecule has 2 aliphatic heterocycles. The van der Waals surface area contributed by atoms with Gasteiger partial charge in [0.1, 0.15) is 22.6 Å². The van der Waals surface area contributed by atoms with E-state index in [4.69, 9.17) is 14.8 Å². The minimum atomic E-state index is -4.29. The van der Waals surface area contributed by atoms with Crippen LogP contribution in [0.2, 0.25) is 0 Å². The van der Waals surface area contributed by atoms with E-state index < -0.39 is 18.3 Å². The van der Waals surface area contributed by atoms with Crippen LogP contribution in [-0.2, 0) is 10.3 Å². The van der Waals surface area contributed by atoms with Gasteiger partial charge in [-0.05, 0) is 30.3 Å². The first-order chi connectivity index (χ1) is 17.3. The van der Waals surface area contributed by atoms with Crippen molar-refractivity contribution < 1.29 is 17.9 Å². The van der Waals surface area contributed by atoms with Gasteiger partial charge in [-0.2, -0.15) is 28.6 Å². The number of fused-ring (bicyclic) bond motifs is 1. The Bertz CT molecular complexity index is 1460. The predicted octanol–water partition coefficient (Wildman–Crippen LogP) is 3.41. The number of aromatic nitrogens is 6. The lowest BCUT2D eigenvalue weighted by Gasteiger charge is -2.49. The summed E-state index contributed by atoms with van der Waals surface area (Å²) < 4.78 is 47.2. The highest BCUT2D eigenvalue weighted by atomic mass is 19.4. The minimum absolute atomic E-state index is 0.0561. The van der Waals surface area contributed by atoms with E-state index in [0.29, 0.717) is 36.0 Å². The third-order valence-electron chi connectivity index (χ3n) is 6.63. The summed E-state index contributed by atoms with van der Waals surface area (Å²) in [6.07, 6.45) is 1.07. The van der Waals surface area contributed by atoms with Crippen molar-refractivity contribution in [2.45, 2.75) is 24.2 Å². The molecule has 4 aromatic heterocycles. The summed E-state index contributed by atoms with van der Waals surface area (Å²) >= 11 is 0. The summed E-state index contributed by atoms with van der Waals surface area (Å²) in [6.45, 7) is 0.440. The van der Waals surface area contributed by atoms with Crippen molar-refractivity contribution in [2.75, 3.05) is 32.8 Å². The average Bonchev–Trinajstić information content (AvgIpc) is 3.45. The van der Waals surface area contributed by atoms with Gasteiger partial charge in [-0.25, -0.2) is 4.98 Å². The Kier molecular flexibility index (Phi) is 5.27. The summed E-state index contributed by atoms with van der Waals surface area (Å²) in [5.74, 6) is 0. The van der Waals surface area contributed by atoms with Crippen molar-refractivity contribution in [3.05, 3.63) is 48.9 Å². The van der Waals surface area contributed by atoms with Gasteiger partial charge in [0.05, 0.1) is 49.5 Å². The Labute approximate surface area is 203 Å². The molecule has 4 aromatic rings. The molecule has 2 saturated heterocycles. The second kappa shape index (κ2) is 8.39. The van der Waals surface area contributed by atoms with Crippen LogP contribution in [0.5, 0.6) is 0 Å². The predicted molar refractivity (Wildman–Crippen MR) is 123 cm³/mol. The van der Waals surface area contributed by atoms with Gasteiger partial charge in [-0.15, -0.1) is 0 Å². The van der Waals surface area contributed by atoms with Crippen LogP contribution in [0, 0.1) is 11.3 Å². The Morgan fingerprint density at radius 1 is 1.08 bits per heavy atom. The van der Waals surface area contributed by atoms with Gasteiger partial charge in [-0.1, -0.05) is 0 Å². The fourth-order valence-electron chi connectivity index (χ4n) is 4.81. The van der Waals surface area contributed by atoms with Crippen molar-refractivity contribution in [3.63, 3.8) is 0 Å². The van der Waals surface area contributed by atoms with Crippen molar-refractivity contribution in [2.24, 2.45) is 0 Å². The lowest BCUT2D eigenvalue weighted by atomic mass is 9.87. The minimum Gasteiger partial charge on any atom is -0.377 e. The highest BCUT2D eigenvalue weighted by molar-refractivity contribution is 5.93. The number of alkyl halides is 3. The summed E-state index contributed by atoms with van der Waals surface area (Å²) in [5.41, 5.74) is 2.38. The van der Waals surface area contributed by atoms with Gasteiger partial charge in [-0.3, -0.25) is 19.2 Å².